The summed E-state index contributed by atoms with van der Waals surface area (Å²) in [6.45, 7) is 4.07. The number of hydrogen-bond donors (Lipinski definition) is 2. The van der Waals surface area contributed by atoms with Crippen LogP contribution < -0.4 is 10.1 Å². The van der Waals surface area contributed by atoms with Crippen LogP contribution in [0, 0.1) is 6.42 Å². The van der Waals surface area contributed by atoms with Crippen LogP contribution in [0.25, 0.3) is 22.2 Å². The number of pyridine rings is 1. The third-order valence-electron chi connectivity index (χ3n) is 5.13. The van der Waals surface area contributed by atoms with Gasteiger partial charge in [-0.05, 0) is 18.2 Å². The van der Waals surface area contributed by atoms with Crippen LogP contribution >= 0.6 is 0 Å². The van der Waals surface area contributed by atoms with E-state index in [4.69, 9.17) is 4.74 Å². The van der Waals surface area contributed by atoms with Crippen molar-refractivity contribution in [3.8, 4) is 17.1 Å². The van der Waals surface area contributed by atoms with Gasteiger partial charge in [-0.3, -0.25) is 4.79 Å². The standard InChI is InChI=1S/C23H20F3N3O2/c1-2-3-4-8-19(23(24,25)26)31-20-10-9-14-6-5-7-15(21(14)29-20)18-13-16-17(28-18)11-12-27-22(16)30/h2,4-7,9-10,13,19H,1,3,8,11-12H2,(H-,27,28,30)/p+1. The van der Waals surface area contributed by atoms with Crippen molar-refractivity contribution < 1.29 is 22.7 Å². The molecule has 1 aliphatic rings. The number of alkyl halides is 3. The van der Waals surface area contributed by atoms with E-state index in [0.29, 0.717) is 41.7 Å². The molecule has 0 bridgehead atoms. The van der Waals surface area contributed by atoms with Crippen molar-refractivity contribution in [3.63, 3.8) is 0 Å². The van der Waals surface area contributed by atoms with Gasteiger partial charge in [0, 0.05) is 41.4 Å². The van der Waals surface area contributed by atoms with E-state index >= 15 is 0 Å². The van der Waals surface area contributed by atoms with Gasteiger partial charge in [0.2, 0.25) is 12.0 Å². The van der Waals surface area contributed by atoms with E-state index < -0.39 is 12.3 Å². The predicted molar refractivity (Wildman–Crippen MR) is 112 cm³/mol. The highest BCUT2D eigenvalue weighted by molar-refractivity contribution is 6.00. The summed E-state index contributed by atoms with van der Waals surface area (Å²) in [4.78, 5) is 19.7. The van der Waals surface area contributed by atoms with Crippen LogP contribution in [0.3, 0.4) is 0 Å². The second-order valence-electron chi connectivity index (χ2n) is 7.30. The third kappa shape index (κ3) is 4.38. The Morgan fingerprint density at radius 2 is 2.10 bits per heavy atom. The molecule has 0 radical (unpaired) electrons. The van der Waals surface area contributed by atoms with Crippen LogP contribution in [0.1, 0.15) is 28.9 Å². The van der Waals surface area contributed by atoms with Gasteiger partial charge in [0.05, 0.1) is 17.5 Å². The van der Waals surface area contributed by atoms with Crippen LogP contribution in [-0.2, 0) is 6.42 Å². The van der Waals surface area contributed by atoms with Crippen molar-refractivity contribution in [3.05, 3.63) is 66.7 Å². The molecule has 0 saturated carbocycles. The number of nitrogens with one attached hydrogen (secondary N) is 2. The first-order chi connectivity index (χ1) is 14.9. The van der Waals surface area contributed by atoms with Crippen molar-refractivity contribution in [1.29, 1.82) is 0 Å². The normalized spacial score (nSPS) is 14.6. The summed E-state index contributed by atoms with van der Waals surface area (Å²) in [5.41, 5.74) is 3.27. The largest absolute Gasteiger partial charge is 0.460 e. The van der Waals surface area contributed by atoms with Crippen LogP contribution in [-0.4, -0.2) is 34.7 Å². The van der Waals surface area contributed by atoms with E-state index in [0.717, 1.165) is 11.1 Å². The first kappa shape index (κ1) is 20.8. The summed E-state index contributed by atoms with van der Waals surface area (Å²) in [6.07, 6.45) is -2.77. The molecule has 5 nitrogen and oxygen atoms in total. The first-order valence-electron chi connectivity index (χ1n) is 9.93. The number of fused-ring (bicyclic) bond motifs is 2. The highest BCUT2D eigenvalue weighted by Crippen LogP contribution is 2.32. The van der Waals surface area contributed by atoms with Gasteiger partial charge in [-0.2, -0.15) is 13.2 Å². The lowest BCUT2D eigenvalue weighted by Crippen LogP contribution is -2.34. The van der Waals surface area contributed by atoms with Gasteiger partial charge in [0.15, 0.2) is 0 Å². The van der Waals surface area contributed by atoms with Gasteiger partial charge in [-0.25, -0.2) is 4.98 Å². The van der Waals surface area contributed by atoms with E-state index in [1.165, 1.54) is 18.6 Å². The molecule has 0 fully saturated rings. The number of aromatic amines is 1. The second kappa shape index (κ2) is 8.37. The molecule has 4 rings (SSSR count). The molecule has 2 N–H and O–H groups in total. The number of carbonyl (C=O) groups is 1. The van der Waals surface area contributed by atoms with Crippen LogP contribution in [0.4, 0.5) is 13.2 Å². The number of unbranched alkanes of at least 4 members (excludes halogenated alkanes) is 1. The molecule has 31 heavy (non-hydrogen) atoms. The monoisotopic (exact) mass is 428 g/mol. The molecule has 0 aliphatic carbocycles. The molecule has 160 valence electrons. The molecule has 3 aromatic rings. The number of rotatable bonds is 7. The lowest BCUT2D eigenvalue weighted by atomic mass is 10.1. The number of allylic oxidation sites excluding steroid dienone is 1. The summed E-state index contributed by atoms with van der Waals surface area (Å²) in [5.74, 6) is -0.256. The maximum absolute atomic E-state index is 13.4. The lowest BCUT2D eigenvalue weighted by Gasteiger charge is -2.18. The molecular weight excluding hydrogens is 407 g/mol. The van der Waals surface area contributed by atoms with E-state index in [1.807, 2.05) is 18.2 Å². The average molecular weight is 428 g/mol. The van der Waals surface area contributed by atoms with Gasteiger partial charge in [0.25, 0.3) is 5.91 Å². The fourth-order valence-electron chi connectivity index (χ4n) is 3.61. The minimum absolute atomic E-state index is 0.108. The van der Waals surface area contributed by atoms with Gasteiger partial charge in [-0.15, -0.1) is 0 Å². The van der Waals surface area contributed by atoms with Crippen molar-refractivity contribution in [1.82, 2.24) is 15.3 Å². The van der Waals surface area contributed by atoms with Gasteiger partial charge < -0.3 is 15.0 Å². The smallest absolute Gasteiger partial charge is 0.429 e. The molecule has 3 heterocycles. The highest BCUT2D eigenvalue weighted by Gasteiger charge is 2.44. The third-order valence-corrected chi connectivity index (χ3v) is 5.13. The lowest BCUT2D eigenvalue weighted by molar-refractivity contribution is -0.195. The average Bonchev–Trinajstić information content (AvgIpc) is 3.17. The van der Waals surface area contributed by atoms with Crippen LogP contribution in [0.2, 0.25) is 0 Å². The molecule has 0 saturated heterocycles. The summed E-state index contributed by atoms with van der Waals surface area (Å²) in [7, 11) is 0. The Bertz CT molecular complexity index is 1120. The molecule has 2 aromatic heterocycles. The Labute approximate surface area is 177 Å². The Balaban J connectivity index is 1.69. The number of nitrogens with zero attached hydrogens (tertiary/aromatic N) is 1. The SMILES string of the molecule is C=CC[CH+]CC(Oc1ccc2cccc(-c3cc4c([nH]3)CCNC4=O)c2n1)C(F)(F)F. The highest BCUT2D eigenvalue weighted by atomic mass is 19.4. The number of halogens is 3. The topological polar surface area (TPSA) is 67.0 Å². The number of benzene rings is 1. The van der Waals surface area contributed by atoms with Crippen molar-refractivity contribution in [2.45, 2.75) is 31.5 Å². The summed E-state index contributed by atoms with van der Waals surface area (Å²) in [6, 6.07) is 10.3. The van der Waals surface area contributed by atoms with Crippen LogP contribution in [0.5, 0.6) is 5.88 Å². The Morgan fingerprint density at radius 1 is 1.26 bits per heavy atom. The molecule has 1 aromatic carbocycles. The number of H-pyrrole nitrogens is 1. The van der Waals surface area contributed by atoms with Crippen molar-refractivity contribution in [2.24, 2.45) is 0 Å². The number of ether oxygens (including phenoxy) is 1. The number of hydrogen-bond acceptors (Lipinski definition) is 3. The number of para-hydroxylation sites is 1. The minimum atomic E-state index is -4.53. The van der Waals surface area contributed by atoms with Gasteiger partial charge >= 0.3 is 6.18 Å². The Morgan fingerprint density at radius 3 is 2.84 bits per heavy atom. The van der Waals surface area contributed by atoms with Crippen LogP contribution in [0.15, 0.2) is 49.1 Å². The Hall–Kier alpha value is -3.42. The Kier molecular flexibility index (Phi) is 5.63. The van der Waals surface area contributed by atoms with E-state index in [9.17, 15) is 18.0 Å². The van der Waals surface area contributed by atoms with E-state index in [1.54, 1.807) is 12.1 Å². The zero-order valence-electron chi connectivity index (χ0n) is 16.6. The molecule has 1 aliphatic heterocycles. The summed E-state index contributed by atoms with van der Waals surface area (Å²) in [5, 5.41) is 3.55. The summed E-state index contributed by atoms with van der Waals surface area (Å²) >= 11 is 0. The number of amides is 1. The molecule has 1 amide bonds. The zero-order chi connectivity index (χ0) is 22.0. The number of aromatic nitrogens is 2. The maximum Gasteiger partial charge on any atom is 0.429 e. The zero-order valence-corrected chi connectivity index (χ0v) is 16.6. The molecular formula is C23H21F3N3O2+. The predicted octanol–water partition coefficient (Wildman–Crippen LogP) is 5.00. The fourth-order valence-corrected chi connectivity index (χ4v) is 3.61. The second-order valence-corrected chi connectivity index (χ2v) is 7.30. The van der Waals surface area contributed by atoms with Gasteiger partial charge in [0.1, 0.15) is 12.8 Å². The molecule has 0 spiro atoms. The number of carbonyl (C=O) groups excluding carboxylic acids is 1. The van der Waals surface area contributed by atoms with E-state index in [2.05, 4.69) is 21.9 Å². The molecule has 1 unspecified atom stereocenters. The quantitative estimate of drug-likeness (QED) is 0.316. The van der Waals surface area contributed by atoms with Crippen molar-refractivity contribution in [2.75, 3.05) is 6.54 Å². The minimum Gasteiger partial charge on any atom is -0.460 e. The summed E-state index contributed by atoms with van der Waals surface area (Å²) < 4.78 is 45.5. The fraction of sp³-hybridized carbons (Fsp3) is 0.261. The maximum atomic E-state index is 13.4. The first-order valence-corrected chi connectivity index (χ1v) is 9.93. The molecule has 1 atom stereocenters. The van der Waals surface area contributed by atoms with E-state index in [-0.39, 0.29) is 18.2 Å². The van der Waals surface area contributed by atoms with Gasteiger partial charge in [-0.1, -0.05) is 24.8 Å². The molecule has 8 heteroatoms. The van der Waals surface area contributed by atoms with Crippen molar-refractivity contribution >= 4 is 16.8 Å².